The van der Waals surface area contributed by atoms with Gasteiger partial charge < -0.3 is 15.5 Å². The van der Waals surface area contributed by atoms with Crippen molar-refractivity contribution in [3.8, 4) is 0 Å². The van der Waals surface area contributed by atoms with Gasteiger partial charge in [-0.1, -0.05) is 18.2 Å². The molecule has 1 atom stereocenters. The maximum absolute atomic E-state index is 13.6. The van der Waals surface area contributed by atoms with Gasteiger partial charge in [-0.15, -0.1) is 0 Å². The molecular weight excluding hydrogens is 413 g/mol. The van der Waals surface area contributed by atoms with Gasteiger partial charge in [0.05, 0.1) is 29.4 Å². The van der Waals surface area contributed by atoms with Crippen LogP contribution in [0.1, 0.15) is 43.4 Å². The molecule has 0 bridgehead atoms. The highest BCUT2D eigenvalue weighted by atomic mass is 19.4. The van der Waals surface area contributed by atoms with Crippen molar-refractivity contribution in [2.24, 2.45) is 0 Å². The lowest BCUT2D eigenvalue weighted by Gasteiger charge is -2.33. The molecule has 1 aliphatic carbocycles. The van der Waals surface area contributed by atoms with E-state index in [2.05, 4.69) is 10.6 Å². The van der Waals surface area contributed by atoms with Crippen LogP contribution < -0.4 is 10.6 Å². The zero-order chi connectivity index (χ0) is 22.3. The minimum atomic E-state index is -4.63. The fourth-order valence-corrected chi connectivity index (χ4v) is 4.07. The highest BCUT2D eigenvalue weighted by Gasteiger charge is 2.46. The molecule has 1 saturated carbocycles. The van der Waals surface area contributed by atoms with Crippen LogP contribution >= 0.6 is 0 Å². The summed E-state index contributed by atoms with van der Waals surface area (Å²) in [4.78, 5) is 40.6. The summed E-state index contributed by atoms with van der Waals surface area (Å²) in [5, 5.41) is 5.42. The minimum absolute atomic E-state index is 0.0802. The fraction of sp³-hybridized carbons (Fsp3) is 0.476. The van der Waals surface area contributed by atoms with Crippen molar-refractivity contribution >= 4 is 17.8 Å². The first-order valence-corrected chi connectivity index (χ1v) is 10.3. The Bertz CT molecular complexity index is 955. The highest BCUT2D eigenvalue weighted by Crippen LogP contribution is 2.41. The second kappa shape index (κ2) is 7.90. The van der Waals surface area contributed by atoms with Crippen LogP contribution in [0.4, 0.5) is 18.0 Å². The Morgan fingerprint density at radius 2 is 1.94 bits per heavy atom. The third-order valence-electron chi connectivity index (χ3n) is 5.74. The predicted molar refractivity (Wildman–Crippen MR) is 104 cm³/mol. The van der Waals surface area contributed by atoms with Crippen LogP contribution in [-0.2, 0) is 15.8 Å². The second-order valence-corrected chi connectivity index (χ2v) is 7.89. The Morgan fingerprint density at radius 1 is 1.23 bits per heavy atom. The van der Waals surface area contributed by atoms with Gasteiger partial charge in [0.15, 0.2) is 0 Å². The van der Waals surface area contributed by atoms with Crippen LogP contribution in [0.2, 0.25) is 0 Å². The van der Waals surface area contributed by atoms with E-state index in [4.69, 9.17) is 0 Å². The standard InChI is InChI=1S/C21H23F3N4O3/c1-2-28-15-11-27(10-9-16(29)25-12-7-8-12)19(30)17(15)18(26-20(28)31)13-5-3-4-6-14(13)21(22,23)24/h3-6,12,18H,2,7-11H2,1H3,(H,25,29)(H,26,31). The monoisotopic (exact) mass is 436 g/mol. The topological polar surface area (TPSA) is 81.8 Å². The zero-order valence-corrected chi connectivity index (χ0v) is 17.0. The molecule has 1 aromatic rings. The van der Waals surface area contributed by atoms with Crippen molar-refractivity contribution in [2.75, 3.05) is 19.6 Å². The van der Waals surface area contributed by atoms with E-state index in [1.165, 1.54) is 28.0 Å². The fourth-order valence-electron chi connectivity index (χ4n) is 4.07. The summed E-state index contributed by atoms with van der Waals surface area (Å²) in [7, 11) is 0. The Kier molecular flexibility index (Phi) is 5.40. The van der Waals surface area contributed by atoms with Gasteiger partial charge in [0, 0.05) is 25.6 Å². The number of urea groups is 1. The van der Waals surface area contributed by atoms with Gasteiger partial charge in [-0.05, 0) is 31.4 Å². The van der Waals surface area contributed by atoms with E-state index in [0.717, 1.165) is 18.9 Å². The Morgan fingerprint density at radius 3 is 2.58 bits per heavy atom. The third kappa shape index (κ3) is 4.11. The van der Waals surface area contributed by atoms with Crippen LogP contribution in [0.25, 0.3) is 0 Å². The zero-order valence-electron chi connectivity index (χ0n) is 17.0. The number of halogens is 3. The van der Waals surface area contributed by atoms with Gasteiger partial charge in [-0.25, -0.2) is 4.79 Å². The first kappa shape index (κ1) is 21.2. The normalized spacial score (nSPS) is 21.4. The highest BCUT2D eigenvalue weighted by molar-refractivity contribution is 6.01. The molecule has 0 saturated heterocycles. The summed E-state index contributed by atoms with van der Waals surface area (Å²) in [5.74, 6) is -0.629. The van der Waals surface area contributed by atoms with Crippen LogP contribution in [-0.4, -0.2) is 53.3 Å². The van der Waals surface area contributed by atoms with Crippen molar-refractivity contribution in [1.82, 2.24) is 20.4 Å². The SMILES string of the molecule is CCN1C(=O)NC(c2ccccc2C(F)(F)F)C2=C1CN(CCC(=O)NC1CC1)C2=O. The van der Waals surface area contributed by atoms with Crippen LogP contribution in [0, 0.1) is 0 Å². The summed E-state index contributed by atoms with van der Waals surface area (Å²) >= 11 is 0. The molecule has 10 heteroatoms. The van der Waals surface area contributed by atoms with Crippen molar-refractivity contribution in [2.45, 2.75) is 44.4 Å². The van der Waals surface area contributed by atoms with E-state index in [1.807, 2.05) is 0 Å². The molecule has 4 rings (SSSR count). The molecule has 3 aliphatic rings. The third-order valence-corrected chi connectivity index (χ3v) is 5.74. The number of hydrogen-bond donors (Lipinski definition) is 2. The van der Waals surface area contributed by atoms with E-state index < -0.39 is 29.7 Å². The van der Waals surface area contributed by atoms with Gasteiger partial charge in [0.2, 0.25) is 5.91 Å². The quantitative estimate of drug-likeness (QED) is 0.719. The minimum Gasteiger partial charge on any atom is -0.353 e. The molecule has 2 aliphatic heterocycles. The molecule has 0 spiro atoms. The van der Waals surface area contributed by atoms with Crippen LogP contribution in [0.5, 0.6) is 0 Å². The lowest BCUT2D eigenvalue weighted by atomic mass is 9.91. The number of likely N-dealkylation sites (N-methyl/N-ethyl adjacent to an activating group) is 1. The van der Waals surface area contributed by atoms with Crippen molar-refractivity contribution in [3.05, 3.63) is 46.7 Å². The first-order valence-electron chi connectivity index (χ1n) is 10.3. The smallest absolute Gasteiger partial charge is 0.353 e. The molecule has 2 heterocycles. The lowest BCUT2D eigenvalue weighted by Crippen LogP contribution is -2.47. The van der Waals surface area contributed by atoms with Crippen LogP contribution in [0.3, 0.4) is 0 Å². The number of carbonyl (C=O) groups is 3. The van der Waals surface area contributed by atoms with Crippen LogP contribution in [0.15, 0.2) is 35.5 Å². The number of hydrogen-bond acceptors (Lipinski definition) is 3. The number of amides is 4. The molecule has 31 heavy (non-hydrogen) atoms. The number of carbonyl (C=O) groups excluding carboxylic acids is 3. The molecule has 0 radical (unpaired) electrons. The van der Waals surface area contributed by atoms with Gasteiger partial charge >= 0.3 is 12.2 Å². The van der Waals surface area contributed by atoms with Gasteiger partial charge in [-0.3, -0.25) is 14.5 Å². The maximum atomic E-state index is 13.6. The molecule has 1 fully saturated rings. The molecule has 2 N–H and O–H groups in total. The molecule has 166 valence electrons. The number of nitrogens with one attached hydrogen (secondary N) is 2. The Labute approximate surface area is 177 Å². The van der Waals surface area contributed by atoms with Gasteiger partial charge in [0.25, 0.3) is 5.91 Å². The van der Waals surface area contributed by atoms with E-state index >= 15 is 0 Å². The molecule has 1 aromatic carbocycles. The number of benzene rings is 1. The van der Waals surface area contributed by atoms with Gasteiger partial charge in [0.1, 0.15) is 0 Å². The Hall–Kier alpha value is -3.04. The van der Waals surface area contributed by atoms with E-state index in [9.17, 15) is 27.6 Å². The summed E-state index contributed by atoms with van der Waals surface area (Å²) < 4.78 is 40.8. The summed E-state index contributed by atoms with van der Waals surface area (Å²) in [6.45, 7) is 2.20. The largest absolute Gasteiger partial charge is 0.416 e. The molecule has 4 amide bonds. The van der Waals surface area contributed by atoms with E-state index in [-0.39, 0.29) is 49.1 Å². The summed E-state index contributed by atoms with van der Waals surface area (Å²) in [6.07, 6.45) is -2.64. The number of nitrogens with zero attached hydrogens (tertiary/aromatic N) is 2. The molecule has 1 unspecified atom stereocenters. The summed E-state index contributed by atoms with van der Waals surface area (Å²) in [6, 6.07) is 3.37. The average molecular weight is 436 g/mol. The molecular formula is C21H23F3N4O3. The van der Waals surface area contributed by atoms with Gasteiger partial charge in [-0.2, -0.15) is 13.2 Å². The molecule has 0 aromatic heterocycles. The lowest BCUT2D eigenvalue weighted by molar-refractivity contribution is -0.138. The average Bonchev–Trinajstić information content (AvgIpc) is 3.47. The van der Waals surface area contributed by atoms with E-state index in [0.29, 0.717) is 5.70 Å². The van der Waals surface area contributed by atoms with Crippen molar-refractivity contribution < 1.29 is 27.6 Å². The first-order chi connectivity index (χ1) is 14.7. The maximum Gasteiger partial charge on any atom is 0.416 e. The second-order valence-electron chi connectivity index (χ2n) is 7.89. The van der Waals surface area contributed by atoms with Crippen molar-refractivity contribution in [3.63, 3.8) is 0 Å². The van der Waals surface area contributed by atoms with Crippen molar-refractivity contribution in [1.29, 1.82) is 0 Å². The molecule has 7 nitrogen and oxygen atoms in total. The summed E-state index contributed by atoms with van der Waals surface area (Å²) in [5.41, 5.74) is -0.554. The van der Waals surface area contributed by atoms with E-state index in [1.54, 1.807) is 6.92 Å². The number of rotatable bonds is 6. The number of alkyl halides is 3. The predicted octanol–water partition coefficient (Wildman–Crippen LogP) is 2.56. The Balaban J connectivity index is 1.63.